The van der Waals surface area contributed by atoms with Gasteiger partial charge in [0.15, 0.2) is 0 Å². The molecule has 0 amide bonds. The number of halogens is 2. The molecule has 2 heterocycles. The Morgan fingerprint density at radius 3 is 2.43 bits per heavy atom. The van der Waals surface area contributed by atoms with E-state index in [-0.39, 0.29) is 12.4 Å². The van der Waals surface area contributed by atoms with E-state index in [1.165, 1.54) is 19.3 Å². The summed E-state index contributed by atoms with van der Waals surface area (Å²) < 4.78 is 1.05. The van der Waals surface area contributed by atoms with Gasteiger partial charge in [0, 0.05) is 23.8 Å². The smallest absolute Gasteiger partial charge is 0.128 e. The number of aromatic nitrogens is 1. The SMILES string of the molecule is Brc1ccc(N2CCCCC2)nc1.Cl. The Bertz CT molecular complexity index is 270. The minimum absolute atomic E-state index is 0. The summed E-state index contributed by atoms with van der Waals surface area (Å²) in [6.07, 6.45) is 5.84. The monoisotopic (exact) mass is 276 g/mol. The van der Waals surface area contributed by atoms with Crippen LogP contribution in [0.5, 0.6) is 0 Å². The summed E-state index contributed by atoms with van der Waals surface area (Å²) >= 11 is 3.39. The highest BCUT2D eigenvalue weighted by molar-refractivity contribution is 9.10. The van der Waals surface area contributed by atoms with Crippen molar-refractivity contribution in [2.24, 2.45) is 0 Å². The van der Waals surface area contributed by atoms with Crippen LogP contribution in [0.4, 0.5) is 5.82 Å². The summed E-state index contributed by atoms with van der Waals surface area (Å²) in [7, 11) is 0. The van der Waals surface area contributed by atoms with Gasteiger partial charge in [-0.1, -0.05) is 0 Å². The van der Waals surface area contributed by atoms with Gasteiger partial charge in [-0.25, -0.2) is 4.98 Å². The molecule has 0 radical (unpaired) electrons. The summed E-state index contributed by atoms with van der Waals surface area (Å²) in [5.41, 5.74) is 0. The number of anilines is 1. The normalized spacial score (nSPS) is 16.2. The molecule has 14 heavy (non-hydrogen) atoms. The van der Waals surface area contributed by atoms with E-state index in [1.807, 2.05) is 6.20 Å². The zero-order chi connectivity index (χ0) is 9.10. The fourth-order valence-electron chi connectivity index (χ4n) is 1.68. The zero-order valence-electron chi connectivity index (χ0n) is 7.95. The van der Waals surface area contributed by atoms with E-state index in [0.717, 1.165) is 23.4 Å². The Kier molecular flexibility index (Phi) is 4.69. The second-order valence-corrected chi connectivity index (χ2v) is 4.30. The van der Waals surface area contributed by atoms with Crippen molar-refractivity contribution in [1.29, 1.82) is 0 Å². The number of piperidine rings is 1. The molecule has 0 spiro atoms. The molecule has 1 aromatic heterocycles. The van der Waals surface area contributed by atoms with E-state index < -0.39 is 0 Å². The fraction of sp³-hybridized carbons (Fsp3) is 0.500. The van der Waals surface area contributed by atoms with Crippen LogP contribution in [0.15, 0.2) is 22.8 Å². The quantitative estimate of drug-likeness (QED) is 0.783. The van der Waals surface area contributed by atoms with Gasteiger partial charge in [0.25, 0.3) is 0 Å². The van der Waals surface area contributed by atoms with E-state index >= 15 is 0 Å². The average molecular weight is 278 g/mol. The van der Waals surface area contributed by atoms with Crippen molar-refractivity contribution in [3.8, 4) is 0 Å². The highest BCUT2D eigenvalue weighted by Crippen LogP contribution is 2.18. The molecular formula is C10H14BrClN2. The molecule has 1 aromatic rings. The zero-order valence-corrected chi connectivity index (χ0v) is 10.4. The van der Waals surface area contributed by atoms with Crippen LogP contribution >= 0.6 is 28.3 Å². The highest BCUT2D eigenvalue weighted by atomic mass is 79.9. The maximum atomic E-state index is 4.38. The number of nitrogens with zero attached hydrogens (tertiary/aromatic N) is 2. The Labute approximate surface area is 99.3 Å². The van der Waals surface area contributed by atoms with Crippen LogP contribution in [-0.4, -0.2) is 18.1 Å². The van der Waals surface area contributed by atoms with E-state index in [0.29, 0.717) is 0 Å². The van der Waals surface area contributed by atoms with Crippen molar-refractivity contribution in [3.63, 3.8) is 0 Å². The van der Waals surface area contributed by atoms with Crippen LogP contribution in [0, 0.1) is 0 Å². The van der Waals surface area contributed by atoms with Gasteiger partial charge in [0.2, 0.25) is 0 Å². The third-order valence-electron chi connectivity index (χ3n) is 2.39. The lowest BCUT2D eigenvalue weighted by Crippen LogP contribution is -2.29. The molecule has 1 aliphatic rings. The van der Waals surface area contributed by atoms with Crippen LogP contribution in [-0.2, 0) is 0 Å². The van der Waals surface area contributed by atoms with Crippen LogP contribution in [0.2, 0.25) is 0 Å². The molecule has 0 bridgehead atoms. The standard InChI is InChI=1S/C10H13BrN2.ClH/c11-9-4-5-10(12-8-9)13-6-2-1-3-7-13;/h4-5,8H,1-3,6-7H2;1H. The Balaban J connectivity index is 0.000000980. The minimum atomic E-state index is 0. The van der Waals surface area contributed by atoms with Crippen LogP contribution in [0.3, 0.4) is 0 Å². The molecule has 0 atom stereocenters. The molecule has 0 aromatic carbocycles. The van der Waals surface area contributed by atoms with Crippen LogP contribution < -0.4 is 4.90 Å². The molecule has 0 unspecified atom stereocenters. The highest BCUT2D eigenvalue weighted by Gasteiger charge is 2.10. The molecule has 78 valence electrons. The van der Waals surface area contributed by atoms with Crippen molar-refractivity contribution >= 4 is 34.2 Å². The van der Waals surface area contributed by atoms with Crippen LogP contribution in [0.1, 0.15) is 19.3 Å². The van der Waals surface area contributed by atoms with Gasteiger partial charge in [-0.15, -0.1) is 12.4 Å². The predicted molar refractivity (Wildman–Crippen MR) is 65.2 cm³/mol. The molecule has 2 nitrogen and oxygen atoms in total. The largest absolute Gasteiger partial charge is 0.357 e. The first kappa shape index (κ1) is 11.8. The molecule has 2 rings (SSSR count). The lowest BCUT2D eigenvalue weighted by molar-refractivity contribution is 0.573. The number of hydrogen-bond acceptors (Lipinski definition) is 2. The van der Waals surface area contributed by atoms with Crippen molar-refractivity contribution in [1.82, 2.24) is 4.98 Å². The first-order valence-corrected chi connectivity index (χ1v) is 5.52. The summed E-state index contributed by atoms with van der Waals surface area (Å²) in [6, 6.07) is 4.13. The predicted octanol–water partition coefficient (Wildman–Crippen LogP) is 3.26. The minimum Gasteiger partial charge on any atom is -0.357 e. The van der Waals surface area contributed by atoms with Crippen molar-refractivity contribution in [3.05, 3.63) is 22.8 Å². The summed E-state index contributed by atoms with van der Waals surface area (Å²) in [6.45, 7) is 2.32. The van der Waals surface area contributed by atoms with Crippen LogP contribution in [0.25, 0.3) is 0 Å². The second-order valence-electron chi connectivity index (χ2n) is 3.38. The fourth-order valence-corrected chi connectivity index (χ4v) is 1.91. The van der Waals surface area contributed by atoms with Gasteiger partial charge in [-0.2, -0.15) is 0 Å². The molecule has 1 fully saturated rings. The van der Waals surface area contributed by atoms with Crippen molar-refractivity contribution in [2.75, 3.05) is 18.0 Å². The van der Waals surface area contributed by atoms with Crippen molar-refractivity contribution in [2.45, 2.75) is 19.3 Å². The van der Waals surface area contributed by atoms with Crippen molar-refractivity contribution < 1.29 is 0 Å². The van der Waals surface area contributed by atoms with E-state index in [1.54, 1.807) is 0 Å². The van der Waals surface area contributed by atoms with Gasteiger partial charge in [-0.3, -0.25) is 0 Å². The lowest BCUT2D eigenvalue weighted by Gasteiger charge is -2.27. The van der Waals surface area contributed by atoms with Gasteiger partial charge in [-0.05, 0) is 47.3 Å². The van der Waals surface area contributed by atoms with Gasteiger partial charge in [0.1, 0.15) is 5.82 Å². The van der Waals surface area contributed by atoms with E-state index in [4.69, 9.17) is 0 Å². The second kappa shape index (κ2) is 5.56. The van der Waals surface area contributed by atoms with Gasteiger partial charge < -0.3 is 4.90 Å². The average Bonchev–Trinajstić information content (AvgIpc) is 2.20. The summed E-state index contributed by atoms with van der Waals surface area (Å²) in [5.74, 6) is 1.11. The first-order chi connectivity index (χ1) is 6.36. The number of pyridine rings is 1. The third-order valence-corrected chi connectivity index (χ3v) is 2.86. The van der Waals surface area contributed by atoms with Gasteiger partial charge >= 0.3 is 0 Å². The number of hydrogen-bond donors (Lipinski definition) is 0. The maximum absolute atomic E-state index is 4.38. The Morgan fingerprint density at radius 2 is 1.86 bits per heavy atom. The lowest BCUT2D eigenvalue weighted by atomic mass is 10.1. The summed E-state index contributed by atoms with van der Waals surface area (Å²) in [4.78, 5) is 6.74. The molecule has 4 heteroatoms. The molecule has 0 N–H and O–H groups in total. The molecular weight excluding hydrogens is 263 g/mol. The number of rotatable bonds is 1. The summed E-state index contributed by atoms with van der Waals surface area (Å²) in [5, 5.41) is 0. The molecule has 1 aliphatic heterocycles. The van der Waals surface area contributed by atoms with Gasteiger partial charge in [0.05, 0.1) is 0 Å². The van der Waals surface area contributed by atoms with E-state index in [9.17, 15) is 0 Å². The third kappa shape index (κ3) is 2.85. The molecule has 0 aliphatic carbocycles. The topological polar surface area (TPSA) is 16.1 Å². The van der Waals surface area contributed by atoms with E-state index in [2.05, 4.69) is 37.9 Å². The Morgan fingerprint density at radius 1 is 1.14 bits per heavy atom. The first-order valence-electron chi connectivity index (χ1n) is 4.73. The Hall–Kier alpha value is -0.280. The molecule has 1 saturated heterocycles. The molecule has 0 saturated carbocycles. The maximum Gasteiger partial charge on any atom is 0.128 e.